The van der Waals surface area contributed by atoms with Crippen LogP contribution < -0.4 is 10.2 Å². The number of likely N-dealkylation sites (N-methyl/N-ethyl adjacent to an activating group) is 1. The lowest BCUT2D eigenvalue weighted by Crippen LogP contribution is -2.53. The number of nitrogens with one attached hydrogen (secondary N) is 1. The number of piperidine rings is 2. The van der Waals surface area contributed by atoms with E-state index in [1.807, 2.05) is 36.3 Å². The van der Waals surface area contributed by atoms with E-state index in [2.05, 4.69) is 29.7 Å². The van der Waals surface area contributed by atoms with Crippen LogP contribution in [0.1, 0.15) is 68.3 Å². The molecule has 4 aliphatic rings. The van der Waals surface area contributed by atoms with Crippen molar-refractivity contribution in [1.82, 2.24) is 29.3 Å². The van der Waals surface area contributed by atoms with Crippen LogP contribution in [0.25, 0.3) is 11.0 Å². The molecule has 7 rings (SSSR count). The standard InChI is InChI=1S/C31H39F3N8O/c1-39-20-30(11-3-2-4-12-30)42-25(28(39)43)17-21-18-36-29(38-27(21)42)37-26-6-5-24(19-35-26)41-15-9-23(10-16-41)40-13-7-22(8-14-40)31(32,33)34/h5-6,17-19,22-23H,2-4,7-16,20H2,1H3,(H,35,36,37,38). The number of alkyl halides is 3. The summed E-state index contributed by atoms with van der Waals surface area (Å²) in [5.74, 6) is -0.0425. The normalized spacial score (nSPS) is 22.4. The van der Waals surface area contributed by atoms with Gasteiger partial charge in [-0.15, -0.1) is 0 Å². The molecule has 0 unspecified atom stereocenters. The smallest absolute Gasteiger partial charge is 0.370 e. The maximum absolute atomic E-state index is 13.1. The minimum absolute atomic E-state index is 0.0241. The number of aromatic nitrogens is 4. The molecular weight excluding hydrogens is 557 g/mol. The van der Waals surface area contributed by atoms with Crippen LogP contribution in [0.4, 0.5) is 30.6 Å². The van der Waals surface area contributed by atoms with Crippen LogP contribution in [-0.4, -0.2) is 87.2 Å². The van der Waals surface area contributed by atoms with Gasteiger partial charge in [-0.2, -0.15) is 18.2 Å². The molecule has 0 aromatic carbocycles. The van der Waals surface area contributed by atoms with Gasteiger partial charge in [-0.25, -0.2) is 9.97 Å². The molecule has 1 saturated carbocycles. The zero-order chi connectivity index (χ0) is 29.8. The Balaban J connectivity index is 1.01. The Morgan fingerprint density at radius 3 is 2.37 bits per heavy atom. The number of hydrogen-bond acceptors (Lipinski definition) is 7. The summed E-state index contributed by atoms with van der Waals surface area (Å²) < 4.78 is 41.3. The number of amides is 1. The van der Waals surface area contributed by atoms with Crippen molar-refractivity contribution in [2.75, 3.05) is 50.0 Å². The Bertz CT molecular complexity index is 1470. The fraction of sp³-hybridized carbons (Fsp3) is 0.613. The molecule has 2 saturated heterocycles. The monoisotopic (exact) mass is 596 g/mol. The van der Waals surface area contributed by atoms with E-state index in [9.17, 15) is 18.0 Å². The second-order valence-electron chi connectivity index (χ2n) is 12.9. The van der Waals surface area contributed by atoms with Crippen LogP contribution in [0.5, 0.6) is 0 Å². The molecule has 12 heteroatoms. The van der Waals surface area contributed by atoms with Crippen molar-refractivity contribution in [3.05, 3.63) is 36.3 Å². The number of halogens is 3. The molecule has 230 valence electrons. The molecular formula is C31H39F3N8O. The van der Waals surface area contributed by atoms with Gasteiger partial charge in [0.15, 0.2) is 0 Å². The van der Waals surface area contributed by atoms with Crippen molar-refractivity contribution >= 4 is 34.4 Å². The van der Waals surface area contributed by atoms with Crippen LogP contribution in [0.2, 0.25) is 0 Å². The van der Waals surface area contributed by atoms with E-state index in [0.717, 1.165) is 68.3 Å². The van der Waals surface area contributed by atoms with E-state index < -0.39 is 12.1 Å². The summed E-state index contributed by atoms with van der Waals surface area (Å²) in [7, 11) is 1.89. The predicted molar refractivity (Wildman–Crippen MR) is 159 cm³/mol. The molecule has 3 aromatic heterocycles. The van der Waals surface area contributed by atoms with E-state index in [1.54, 1.807) is 6.20 Å². The molecule has 1 amide bonds. The lowest BCUT2D eigenvalue weighted by molar-refractivity contribution is -0.186. The third kappa shape index (κ3) is 5.32. The average molecular weight is 597 g/mol. The van der Waals surface area contributed by atoms with Crippen LogP contribution in [-0.2, 0) is 5.54 Å². The highest BCUT2D eigenvalue weighted by atomic mass is 19.4. The van der Waals surface area contributed by atoms with Gasteiger partial charge in [-0.1, -0.05) is 19.3 Å². The number of pyridine rings is 1. The summed E-state index contributed by atoms with van der Waals surface area (Å²) in [5, 5.41) is 4.12. The Labute approximate surface area is 249 Å². The van der Waals surface area contributed by atoms with Gasteiger partial charge in [0.05, 0.1) is 23.3 Å². The van der Waals surface area contributed by atoms with E-state index in [0.29, 0.717) is 43.1 Å². The topological polar surface area (TPSA) is 82.4 Å². The number of rotatable bonds is 4. The number of anilines is 3. The first-order valence-electron chi connectivity index (χ1n) is 15.6. The van der Waals surface area contributed by atoms with Crippen LogP contribution in [0.15, 0.2) is 30.6 Å². The molecule has 0 radical (unpaired) electrons. The number of nitrogens with zero attached hydrogens (tertiary/aromatic N) is 7. The van der Waals surface area contributed by atoms with E-state index in [-0.39, 0.29) is 24.3 Å². The highest BCUT2D eigenvalue weighted by Gasteiger charge is 2.44. The highest BCUT2D eigenvalue weighted by molar-refractivity contribution is 5.99. The molecule has 43 heavy (non-hydrogen) atoms. The van der Waals surface area contributed by atoms with Crippen molar-refractivity contribution in [3.63, 3.8) is 0 Å². The Morgan fingerprint density at radius 2 is 1.70 bits per heavy atom. The van der Waals surface area contributed by atoms with Crippen LogP contribution in [0.3, 0.4) is 0 Å². The van der Waals surface area contributed by atoms with Gasteiger partial charge < -0.3 is 24.6 Å². The fourth-order valence-electron chi connectivity index (χ4n) is 7.90. The molecule has 1 N–H and O–H groups in total. The summed E-state index contributed by atoms with van der Waals surface area (Å²) >= 11 is 0. The van der Waals surface area contributed by atoms with Gasteiger partial charge >= 0.3 is 6.18 Å². The largest absolute Gasteiger partial charge is 0.391 e. The fourth-order valence-corrected chi connectivity index (χ4v) is 7.90. The van der Waals surface area contributed by atoms with Crippen molar-refractivity contribution in [1.29, 1.82) is 0 Å². The van der Waals surface area contributed by atoms with Gasteiger partial charge in [0, 0.05) is 44.3 Å². The minimum Gasteiger partial charge on any atom is -0.370 e. The SMILES string of the molecule is CN1CC2(CCCCC2)n2c(cc3cnc(Nc4ccc(N5CCC(N6CCC(C(F)(F)F)CC6)CC5)cn4)nc32)C1=O. The van der Waals surface area contributed by atoms with Gasteiger partial charge in [-0.3, -0.25) is 4.79 Å². The van der Waals surface area contributed by atoms with Crippen LogP contribution >= 0.6 is 0 Å². The molecule has 1 spiro atoms. The molecule has 1 aliphatic carbocycles. The molecule has 3 aromatic rings. The first-order valence-corrected chi connectivity index (χ1v) is 15.6. The molecule has 0 bridgehead atoms. The molecule has 3 aliphatic heterocycles. The summed E-state index contributed by atoms with van der Waals surface area (Å²) in [6.45, 7) is 3.47. The van der Waals surface area contributed by atoms with Crippen molar-refractivity contribution in [2.45, 2.75) is 75.5 Å². The summed E-state index contributed by atoms with van der Waals surface area (Å²) in [4.78, 5) is 33.5. The second-order valence-corrected chi connectivity index (χ2v) is 12.9. The summed E-state index contributed by atoms with van der Waals surface area (Å²) in [6.07, 6.45) is 7.43. The summed E-state index contributed by atoms with van der Waals surface area (Å²) in [6, 6.07) is 6.22. The molecule has 9 nitrogen and oxygen atoms in total. The first-order chi connectivity index (χ1) is 20.7. The Kier molecular flexibility index (Phi) is 7.22. The Morgan fingerprint density at radius 1 is 0.953 bits per heavy atom. The number of carbonyl (C=O) groups excluding carboxylic acids is 1. The average Bonchev–Trinajstić information content (AvgIpc) is 3.41. The van der Waals surface area contributed by atoms with E-state index >= 15 is 0 Å². The molecule has 0 atom stereocenters. The molecule has 3 fully saturated rings. The first kappa shape index (κ1) is 28.4. The van der Waals surface area contributed by atoms with Crippen molar-refractivity contribution < 1.29 is 18.0 Å². The van der Waals surface area contributed by atoms with Gasteiger partial charge in [0.25, 0.3) is 5.91 Å². The lowest BCUT2D eigenvalue weighted by Gasteiger charge is -2.45. The Hall–Kier alpha value is -3.41. The number of carbonyl (C=O) groups is 1. The minimum atomic E-state index is -4.07. The maximum Gasteiger partial charge on any atom is 0.391 e. The van der Waals surface area contributed by atoms with Gasteiger partial charge in [0.2, 0.25) is 5.95 Å². The van der Waals surface area contributed by atoms with Gasteiger partial charge in [-0.05, 0) is 69.8 Å². The predicted octanol–water partition coefficient (Wildman–Crippen LogP) is 5.56. The van der Waals surface area contributed by atoms with E-state index in [4.69, 9.17) is 4.98 Å². The van der Waals surface area contributed by atoms with Gasteiger partial charge in [0.1, 0.15) is 17.2 Å². The number of hydrogen-bond donors (Lipinski definition) is 1. The quantitative estimate of drug-likeness (QED) is 0.423. The lowest BCUT2D eigenvalue weighted by atomic mass is 9.79. The van der Waals surface area contributed by atoms with Crippen molar-refractivity contribution in [3.8, 4) is 0 Å². The maximum atomic E-state index is 13.1. The zero-order valence-electron chi connectivity index (χ0n) is 24.6. The third-order valence-electron chi connectivity index (χ3n) is 10.2. The zero-order valence-corrected chi connectivity index (χ0v) is 24.6. The second kappa shape index (κ2) is 10.9. The summed E-state index contributed by atoms with van der Waals surface area (Å²) in [5.41, 5.74) is 2.38. The number of likely N-dealkylation sites (tertiary alicyclic amines) is 1. The van der Waals surface area contributed by atoms with E-state index in [1.165, 1.54) is 6.42 Å². The number of fused-ring (bicyclic) bond motifs is 4. The van der Waals surface area contributed by atoms with Crippen molar-refractivity contribution in [2.24, 2.45) is 5.92 Å². The van der Waals surface area contributed by atoms with Crippen LogP contribution in [0, 0.1) is 5.92 Å². The highest BCUT2D eigenvalue weighted by Crippen LogP contribution is 2.42. The third-order valence-corrected chi connectivity index (χ3v) is 10.2. The molecule has 6 heterocycles.